The van der Waals surface area contributed by atoms with Crippen molar-refractivity contribution in [2.75, 3.05) is 13.2 Å². The molecule has 1 rings (SSSR count). The van der Waals surface area contributed by atoms with Gasteiger partial charge in [0.2, 0.25) is 0 Å². The Morgan fingerprint density at radius 3 is 2.94 bits per heavy atom. The second kappa shape index (κ2) is 8.55. The molecule has 0 radical (unpaired) electrons. The molecule has 1 saturated heterocycles. The molecule has 92 valence electrons. The lowest BCUT2D eigenvalue weighted by Crippen LogP contribution is -2.34. The monoisotopic (exact) mass is 224 g/mol. The summed E-state index contributed by atoms with van der Waals surface area (Å²) in [6.07, 6.45) is 8.56. The number of nitriles is 1. The summed E-state index contributed by atoms with van der Waals surface area (Å²) in [5.74, 6) is 0. The molecule has 0 saturated carbocycles. The predicted molar refractivity (Wildman–Crippen MR) is 65.1 cm³/mol. The molecule has 1 heterocycles. The Bertz CT molecular complexity index is 206. The fourth-order valence-electron chi connectivity index (χ4n) is 2.07. The van der Waals surface area contributed by atoms with Crippen molar-refractivity contribution in [3.8, 4) is 6.07 Å². The van der Waals surface area contributed by atoms with Crippen molar-refractivity contribution in [2.45, 2.75) is 64.0 Å². The summed E-state index contributed by atoms with van der Waals surface area (Å²) in [5.41, 5.74) is 0. The van der Waals surface area contributed by atoms with Crippen molar-refractivity contribution in [3.05, 3.63) is 0 Å². The van der Waals surface area contributed by atoms with Crippen molar-refractivity contribution >= 4 is 0 Å². The van der Waals surface area contributed by atoms with Crippen LogP contribution in [0.2, 0.25) is 0 Å². The van der Waals surface area contributed by atoms with E-state index in [0.717, 1.165) is 32.4 Å². The van der Waals surface area contributed by atoms with Gasteiger partial charge in [0.25, 0.3) is 0 Å². The normalized spacial score (nSPS) is 21.9. The smallest absolute Gasteiger partial charge is 0.0953 e. The van der Waals surface area contributed by atoms with Gasteiger partial charge in [0, 0.05) is 13.2 Å². The number of unbranched alkanes of at least 4 members (excludes halogenated alkanes) is 3. The summed E-state index contributed by atoms with van der Waals surface area (Å²) in [6, 6.07) is 2.35. The maximum Gasteiger partial charge on any atom is 0.0953 e. The number of hydrogen-bond acceptors (Lipinski definition) is 3. The van der Waals surface area contributed by atoms with Crippen LogP contribution in [0.4, 0.5) is 0 Å². The molecule has 1 aliphatic rings. The van der Waals surface area contributed by atoms with Crippen LogP contribution in [0.3, 0.4) is 0 Å². The van der Waals surface area contributed by atoms with Gasteiger partial charge in [-0.1, -0.05) is 32.6 Å². The van der Waals surface area contributed by atoms with Crippen LogP contribution in [0, 0.1) is 11.3 Å². The first-order chi connectivity index (χ1) is 7.86. The van der Waals surface area contributed by atoms with Gasteiger partial charge in [-0.05, 0) is 19.3 Å². The van der Waals surface area contributed by atoms with Gasteiger partial charge in [-0.2, -0.15) is 5.26 Å². The summed E-state index contributed by atoms with van der Waals surface area (Å²) < 4.78 is 5.52. The molecule has 1 N–H and O–H groups in total. The van der Waals surface area contributed by atoms with Crippen LogP contribution in [0.25, 0.3) is 0 Å². The minimum Gasteiger partial charge on any atom is -0.377 e. The van der Waals surface area contributed by atoms with Gasteiger partial charge in [0.05, 0.1) is 18.2 Å². The molecule has 0 spiro atoms. The summed E-state index contributed by atoms with van der Waals surface area (Å²) >= 11 is 0. The fourth-order valence-corrected chi connectivity index (χ4v) is 2.07. The topological polar surface area (TPSA) is 45.0 Å². The van der Waals surface area contributed by atoms with Gasteiger partial charge in [-0.3, -0.25) is 5.32 Å². The van der Waals surface area contributed by atoms with Crippen molar-refractivity contribution < 1.29 is 4.74 Å². The molecule has 2 atom stereocenters. The SMILES string of the molecule is CCCCCCC(C#N)NCC1CCCO1. The van der Waals surface area contributed by atoms with E-state index in [1.54, 1.807) is 0 Å². The van der Waals surface area contributed by atoms with Gasteiger partial charge < -0.3 is 4.74 Å². The molecular formula is C13H24N2O. The average Bonchev–Trinajstić information content (AvgIpc) is 2.81. The highest BCUT2D eigenvalue weighted by Crippen LogP contribution is 2.11. The lowest BCUT2D eigenvalue weighted by Gasteiger charge is -2.14. The van der Waals surface area contributed by atoms with E-state index in [0.29, 0.717) is 6.10 Å². The van der Waals surface area contributed by atoms with E-state index < -0.39 is 0 Å². The lowest BCUT2D eigenvalue weighted by atomic mass is 10.1. The summed E-state index contributed by atoms with van der Waals surface area (Å²) in [7, 11) is 0. The van der Waals surface area contributed by atoms with Gasteiger partial charge >= 0.3 is 0 Å². The Balaban J connectivity index is 2.04. The molecule has 0 aromatic heterocycles. The van der Waals surface area contributed by atoms with Crippen molar-refractivity contribution in [3.63, 3.8) is 0 Å². The van der Waals surface area contributed by atoms with Crippen LogP contribution in [0.1, 0.15) is 51.9 Å². The van der Waals surface area contributed by atoms with Gasteiger partial charge in [-0.15, -0.1) is 0 Å². The molecule has 1 fully saturated rings. The van der Waals surface area contributed by atoms with E-state index >= 15 is 0 Å². The van der Waals surface area contributed by atoms with Crippen LogP contribution in [0.5, 0.6) is 0 Å². The van der Waals surface area contributed by atoms with Crippen LogP contribution in [0.15, 0.2) is 0 Å². The molecule has 16 heavy (non-hydrogen) atoms. The maximum absolute atomic E-state index is 9.00. The zero-order chi connectivity index (χ0) is 11.6. The third kappa shape index (κ3) is 5.48. The first-order valence-corrected chi connectivity index (χ1v) is 6.61. The molecular weight excluding hydrogens is 200 g/mol. The third-order valence-corrected chi connectivity index (χ3v) is 3.12. The molecule has 0 aromatic carbocycles. The van der Waals surface area contributed by atoms with E-state index in [1.165, 1.54) is 25.7 Å². The van der Waals surface area contributed by atoms with E-state index in [2.05, 4.69) is 18.3 Å². The Hall–Kier alpha value is -0.590. The molecule has 0 bridgehead atoms. The number of ether oxygens (including phenoxy) is 1. The molecule has 2 unspecified atom stereocenters. The minimum atomic E-state index is 0.0149. The minimum absolute atomic E-state index is 0.0149. The summed E-state index contributed by atoms with van der Waals surface area (Å²) in [5, 5.41) is 12.3. The van der Waals surface area contributed by atoms with Crippen LogP contribution in [-0.2, 0) is 4.74 Å². The van der Waals surface area contributed by atoms with Crippen molar-refractivity contribution in [1.29, 1.82) is 5.26 Å². The van der Waals surface area contributed by atoms with Crippen LogP contribution in [-0.4, -0.2) is 25.3 Å². The summed E-state index contributed by atoms with van der Waals surface area (Å²) in [6.45, 7) is 3.93. The van der Waals surface area contributed by atoms with E-state index in [1.807, 2.05) is 0 Å². The standard InChI is InChI=1S/C13H24N2O/c1-2-3-4-5-7-12(10-14)15-11-13-8-6-9-16-13/h12-13,15H,2-9,11H2,1H3. The highest BCUT2D eigenvalue weighted by atomic mass is 16.5. The molecule has 0 aliphatic carbocycles. The fraction of sp³-hybridized carbons (Fsp3) is 0.923. The zero-order valence-electron chi connectivity index (χ0n) is 10.4. The Morgan fingerprint density at radius 1 is 1.44 bits per heavy atom. The molecule has 0 amide bonds. The Kier molecular flexibility index (Phi) is 7.20. The van der Waals surface area contributed by atoms with Crippen LogP contribution >= 0.6 is 0 Å². The molecule has 3 heteroatoms. The first kappa shape index (κ1) is 13.5. The van der Waals surface area contributed by atoms with E-state index in [-0.39, 0.29) is 6.04 Å². The summed E-state index contributed by atoms with van der Waals surface area (Å²) in [4.78, 5) is 0. The van der Waals surface area contributed by atoms with Gasteiger partial charge in [0.15, 0.2) is 0 Å². The predicted octanol–water partition coefficient (Wildman–Crippen LogP) is 2.62. The van der Waals surface area contributed by atoms with E-state index in [4.69, 9.17) is 10.00 Å². The van der Waals surface area contributed by atoms with E-state index in [9.17, 15) is 0 Å². The highest BCUT2D eigenvalue weighted by molar-refractivity contribution is 4.90. The molecule has 0 aromatic rings. The largest absolute Gasteiger partial charge is 0.377 e. The Morgan fingerprint density at radius 2 is 2.31 bits per heavy atom. The van der Waals surface area contributed by atoms with Crippen molar-refractivity contribution in [1.82, 2.24) is 5.32 Å². The number of nitrogens with one attached hydrogen (secondary N) is 1. The Labute approximate surface area is 99.2 Å². The second-order valence-electron chi connectivity index (χ2n) is 4.57. The highest BCUT2D eigenvalue weighted by Gasteiger charge is 2.16. The molecule has 1 aliphatic heterocycles. The number of hydrogen-bond donors (Lipinski definition) is 1. The third-order valence-electron chi connectivity index (χ3n) is 3.12. The maximum atomic E-state index is 9.00. The quantitative estimate of drug-likeness (QED) is 0.645. The first-order valence-electron chi connectivity index (χ1n) is 6.61. The average molecular weight is 224 g/mol. The molecule has 3 nitrogen and oxygen atoms in total. The van der Waals surface area contributed by atoms with Crippen LogP contribution < -0.4 is 5.32 Å². The second-order valence-corrected chi connectivity index (χ2v) is 4.57. The zero-order valence-corrected chi connectivity index (χ0v) is 10.4. The number of nitrogens with zero attached hydrogens (tertiary/aromatic N) is 1. The van der Waals surface area contributed by atoms with Gasteiger partial charge in [-0.25, -0.2) is 0 Å². The van der Waals surface area contributed by atoms with Crippen molar-refractivity contribution in [2.24, 2.45) is 0 Å². The van der Waals surface area contributed by atoms with Gasteiger partial charge in [0.1, 0.15) is 0 Å². The lowest BCUT2D eigenvalue weighted by molar-refractivity contribution is 0.108. The number of rotatable bonds is 8.